The molecule has 1 nitrogen and oxygen atoms in total. The van der Waals surface area contributed by atoms with Crippen LogP contribution >= 0.6 is 11.3 Å². The highest BCUT2D eigenvalue weighted by molar-refractivity contribution is 7.27. The van der Waals surface area contributed by atoms with E-state index in [2.05, 4.69) is 127 Å². The first-order chi connectivity index (χ1) is 20.8. The van der Waals surface area contributed by atoms with Gasteiger partial charge in [0.1, 0.15) is 11.2 Å². The Morgan fingerprint density at radius 2 is 0.929 bits per heavy atom. The van der Waals surface area contributed by atoms with Crippen LogP contribution in [0.1, 0.15) is 0 Å². The summed E-state index contributed by atoms with van der Waals surface area (Å²) in [5.74, 6) is 0. The number of benzene rings is 8. The second kappa shape index (κ2) is 8.19. The summed E-state index contributed by atoms with van der Waals surface area (Å²) in [6, 6.07) is 48.7. The van der Waals surface area contributed by atoms with Crippen LogP contribution in [0.5, 0.6) is 0 Å². The Hall–Kier alpha value is -5.18. The molecule has 194 valence electrons. The largest absolute Gasteiger partial charge is 0.455 e. The van der Waals surface area contributed by atoms with E-state index in [1.165, 1.54) is 79.8 Å². The van der Waals surface area contributed by atoms with Crippen LogP contribution < -0.4 is 0 Å². The molecule has 2 heteroatoms. The number of thiophene rings is 1. The van der Waals surface area contributed by atoms with E-state index >= 15 is 0 Å². The smallest absolute Gasteiger partial charge is 0.143 e. The number of fused-ring (bicyclic) bond motifs is 16. The summed E-state index contributed by atoms with van der Waals surface area (Å²) in [4.78, 5) is 0. The highest BCUT2D eigenvalue weighted by atomic mass is 32.1. The summed E-state index contributed by atoms with van der Waals surface area (Å²) >= 11 is 1.90. The fraction of sp³-hybridized carbons (Fsp3) is 0. The predicted octanol–water partition coefficient (Wildman–Crippen LogP) is 12.2. The second-order valence-electron chi connectivity index (χ2n) is 11.2. The molecule has 0 radical (unpaired) electrons. The lowest BCUT2D eigenvalue weighted by molar-refractivity contribution is 0.673. The van der Waals surface area contributed by atoms with E-state index < -0.39 is 0 Å². The van der Waals surface area contributed by atoms with Crippen LogP contribution in [-0.4, -0.2) is 0 Å². The maximum atomic E-state index is 6.57. The lowest BCUT2D eigenvalue weighted by atomic mass is 9.92. The van der Waals surface area contributed by atoms with Crippen LogP contribution in [0.4, 0.5) is 0 Å². The van der Waals surface area contributed by atoms with Crippen molar-refractivity contribution in [2.45, 2.75) is 0 Å². The summed E-state index contributed by atoms with van der Waals surface area (Å²) < 4.78 is 9.28. The van der Waals surface area contributed by atoms with Crippen molar-refractivity contribution in [2.24, 2.45) is 0 Å². The first kappa shape index (κ1) is 22.5. The van der Waals surface area contributed by atoms with Crippen LogP contribution in [0, 0.1) is 0 Å². The monoisotopic (exact) mass is 550 g/mol. The number of hydrogen-bond donors (Lipinski definition) is 0. The summed E-state index contributed by atoms with van der Waals surface area (Å²) in [7, 11) is 0. The molecule has 2 heterocycles. The van der Waals surface area contributed by atoms with Gasteiger partial charge >= 0.3 is 0 Å². The van der Waals surface area contributed by atoms with Crippen molar-refractivity contribution < 1.29 is 4.42 Å². The maximum absolute atomic E-state index is 6.57. The number of furan rings is 1. The molecule has 0 spiro atoms. The third kappa shape index (κ3) is 2.92. The van der Waals surface area contributed by atoms with Gasteiger partial charge in [-0.15, -0.1) is 11.3 Å². The van der Waals surface area contributed by atoms with Gasteiger partial charge in [-0.1, -0.05) is 109 Å². The maximum Gasteiger partial charge on any atom is 0.143 e. The van der Waals surface area contributed by atoms with E-state index in [1.807, 2.05) is 17.4 Å². The van der Waals surface area contributed by atoms with Crippen LogP contribution in [0.3, 0.4) is 0 Å². The SMILES string of the molecule is c1ccc2c(c1)oc1c3cc(-c4ccc5c(c4)c4ccccc4c4sc6ccccc6c54)ccc3c3ccccc3c21. The molecule has 0 saturated heterocycles. The minimum Gasteiger partial charge on any atom is -0.455 e. The fourth-order valence-corrected chi connectivity index (χ4v) is 8.42. The van der Waals surface area contributed by atoms with Crippen molar-refractivity contribution >= 4 is 96.5 Å². The van der Waals surface area contributed by atoms with E-state index in [1.54, 1.807) is 0 Å². The predicted molar refractivity (Wildman–Crippen MR) is 182 cm³/mol. The van der Waals surface area contributed by atoms with Crippen molar-refractivity contribution in [3.63, 3.8) is 0 Å². The van der Waals surface area contributed by atoms with Crippen molar-refractivity contribution in [3.8, 4) is 11.1 Å². The number of rotatable bonds is 1. The lowest BCUT2D eigenvalue weighted by Crippen LogP contribution is -1.85. The van der Waals surface area contributed by atoms with Crippen LogP contribution in [-0.2, 0) is 0 Å². The molecule has 0 amide bonds. The van der Waals surface area contributed by atoms with Crippen molar-refractivity contribution in [1.82, 2.24) is 0 Å². The lowest BCUT2D eigenvalue weighted by Gasteiger charge is -2.12. The van der Waals surface area contributed by atoms with Gasteiger partial charge in [0, 0.05) is 41.7 Å². The van der Waals surface area contributed by atoms with Gasteiger partial charge in [-0.25, -0.2) is 0 Å². The van der Waals surface area contributed by atoms with E-state index in [-0.39, 0.29) is 0 Å². The molecule has 0 N–H and O–H groups in total. The minimum absolute atomic E-state index is 0.930. The normalized spacial score (nSPS) is 12.3. The highest BCUT2D eigenvalue weighted by Crippen LogP contribution is 2.46. The summed E-state index contributed by atoms with van der Waals surface area (Å²) in [5, 5.41) is 15.2. The van der Waals surface area contributed by atoms with E-state index in [0.717, 1.165) is 16.6 Å². The van der Waals surface area contributed by atoms with Gasteiger partial charge in [0.05, 0.1) is 0 Å². The summed E-state index contributed by atoms with van der Waals surface area (Å²) in [6.07, 6.45) is 0. The molecule has 42 heavy (non-hydrogen) atoms. The van der Waals surface area contributed by atoms with E-state index in [9.17, 15) is 0 Å². The van der Waals surface area contributed by atoms with Crippen LogP contribution in [0.25, 0.3) is 96.3 Å². The average molecular weight is 551 g/mol. The molecule has 0 bridgehead atoms. The molecule has 0 unspecified atom stereocenters. The highest BCUT2D eigenvalue weighted by Gasteiger charge is 2.18. The average Bonchev–Trinajstić information content (AvgIpc) is 3.65. The molecule has 0 aliphatic carbocycles. The van der Waals surface area contributed by atoms with Crippen molar-refractivity contribution in [3.05, 3.63) is 133 Å². The van der Waals surface area contributed by atoms with Crippen LogP contribution in [0.2, 0.25) is 0 Å². The Labute approximate surface area is 244 Å². The molecule has 10 aromatic rings. The number of para-hydroxylation sites is 1. The van der Waals surface area contributed by atoms with Crippen LogP contribution in [0.15, 0.2) is 138 Å². The topological polar surface area (TPSA) is 13.1 Å². The van der Waals surface area contributed by atoms with Crippen molar-refractivity contribution in [1.29, 1.82) is 0 Å². The van der Waals surface area contributed by atoms with E-state index in [0.29, 0.717) is 0 Å². The zero-order valence-corrected chi connectivity index (χ0v) is 23.3. The van der Waals surface area contributed by atoms with Gasteiger partial charge in [-0.2, -0.15) is 0 Å². The molecular weight excluding hydrogens is 529 g/mol. The Balaban J connectivity index is 1.30. The minimum atomic E-state index is 0.930. The first-order valence-corrected chi connectivity index (χ1v) is 15.2. The Morgan fingerprint density at radius 1 is 0.381 bits per heavy atom. The standard InChI is InChI=1S/C40H22OS/c1-3-11-28-25(9-1)27-19-17-24(22-34(27)39-37(28)31-13-5-7-15-35(31)41-39)23-18-20-29-33(21-23)26-10-2-4-12-30(26)40-38(29)32-14-6-8-16-36(32)42-40/h1-22H. The summed E-state index contributed by atoms with van der Waals surface area (Å²) in [6.45, 7) is 0. The number of hydrogen-bond acceptors (Lipinski definition) is 2. The summed E-state index contributed by atoms with van der Waals surface area (Å²) in [5.41, 5.74) is 4.30. The molecule has 2 aromatic heterocycles. The van der Waals surface area contributed by atoms with Gasteiger partial charge < -0.3 is 4.42 Å². The molecule has 0 atom stereocenters. The molecule has 0 fully saturated rings. The van der Waals surface area contributed by atoms with Gasteiger partial charge in [0.2, 0.25) is 0 Å². The van der Waals surface area contributed by atoms with Gasteiger partial charge in [-0.3, -0.25) is 0 Å². The zero-order valence-electron chi connectivity index (χ0n) is 22.5. The van der Waals surface area contributed by atoms with E-state index in [4.69, 9.17) is 4.42 Å². The molecular formula is C40H22OS. The second-order valence-corrected chi connectivity index (χ2v) is 12.3. The molecule has 8 aromatic carbocycles. The zero-order chi connectivity index (χ0) is 27.4. The Kier molecular flexibility index (Phi) is 4.39. The molecule has 0 aliphatic heterocycles. The van der Waals surface area contributed by atoms with Crippen molar-refractivity contribution in [2.75, 3.05) is 0 Å². The van der Waals surface area contributed by atoms with Gasteiger partial charge in [0.15, 0.2) is 0 Å². The third-order valence-corrected chi connectivity index (χ3v) is 10.2. The first-order valence-electron chi connectivity index (χ1n) is 14.4. The van der Waals surface area contributed by atoms with Gasteiger partial charge in [0.25, 0.3) is 0 Å². The Morgan fingerprint density at radius 3 is 1.74 bits per heavy atom. The third-order valence-electron chi connectivity index (χ3n) is 9.03. The quantitative estimate of drug-likeness (QED) is 0.185. The molecule has 0 aliphatic rings. The molecule has 10 rings (SSSR count). The van der Waals surface area contributed by atoms with Gasteiger partial charge in [-0.05, 0) is 67.7 Å². The molecule has 0 saturated carbocycles. The fourth-order valence-electron chi connectivity index (χ4n) is 7.17. The Bertz CT molecular complexity index is 2740.